The zero-order valence-electron chi connectivity index (χ0n) is 11.0. The van der Waals surface area contributed by atoms with Crippen molar-refractivity contribution >= 4 is 16.6 Å². The van der Waals surface area contributed by atoms with Crippen LogP contribution in [0.2, 0.25) is 0 Å². The van der Waals surface area contributed by atoms with Crippen molar-refractivity contribution in [3.05, 3.63) is 30.5 Å². The third kappa shape index (κ3) is 2.40. The number of nitrogens with zero attached hydrogens (tertiary/aromatic N) is 3. The molecule has 19 heavy (non-hydrogen) atoms. The van der Waals surface area contributed by atoms with Gasteiger partial charge < -0.3 is 10.0 Å². The number of hydrogen-bond acceptors (Lipinski definition) is 4. The van der Waals surface area contributed by atoms with Crippen LogP contribution in [-0.2, 0) is 0 Å². The molecule has 1 aromatic heterocycles. The van der Waals surface area contributed by atoms with Crippen LogP contribution < -0.4 is 4.90 Å². The quantitative estimate of drug-likeness (QED) is 0.917. The SMILES string of the molecule is OCCC1CCCCN1c1cnnc2ccccc12. The summed E-state index contributed by atoms with van der Waals surface area (Å²) < 4.78 is 0. The minimum Gasteiger partial charge on any atom is -0.396 e. The molecular weight excluding hydrogens is 238 g/mol. The van der Waals surface area contributed by atoms with Crippen LogP contribution in [0.3, 0.4) is 0 Å². The molecule has 1 aliphatic rings. The molecule has 0 bridgehead atoms. The van der Waals surface area contributed by atoms with Crippen molar-refractivity contribution < 1.29 is 5.11 Å². The molecule has 0 aliphatic carbocycles. The molecule has 100 valence electrons. The Morgan fingerprint density at radius 2 is 2.16 bits per heavy atom. The molecule has 2 aromatic rings. The van der Waals surface area contributed by atoms with Gasteiger partial charge in [-0.25, -0.2) is 0 Å². The molecule has 1 N–H and O–H groups in total. The number of hydrogen-bond donors (Lipinski definition) is 1. The van der Waals surface area contributed by atoms with Crippen LogP contribution >= 0.6 is 0 Å². The standard InChI is InChI=1S/C15H19N3O/c19-10-8-12-5-3-4-9-18(12)15-11-16-17-14-7-2-1-6-13(14)15/h1-2,6-7,11-12,19H,3-5,8-10H2. The minimum absolute atomic E-state index is 0.248. The second kappa shape index (κ2) is 5.53. The lowest BCUT2D eigenvalue weighted by Crippen LogP contribution is -2.40. The average Bonchev–Trinajstić information content (AvgIpc) is 2.48. The van der Waals surface area contributed by atoms with Gasteiger partial charge >= 0.3 is 0 Å². The first-order valence-corrected chi connectivity index (χ1v) is 6.98. The van der Waals surface area contributed by atoms with E-state index in [1.54, 1.807) is 0 Å². The van der Waals surface area contributed by atoms with Gasteiger partial charge in [0.1, 0.15) is 0 Å². The first kappa shape index (κ1) is 12.4. The summed E-state index contributed by atoms with van der Waals surface area (Å²) in [5, 5.41) is 18.7. The van der Waals surface area contributed by atoms with Crippen LogP contribution in [0.4, 0.5) is 5.69 Å². The Hall–Kier alpha value is -1.68. The van der Waals surface area contributed by atoms with E-state index < -0.39 is 0 Å². The molecule has 3 rings (SSSR count). The number of aromatic nitrogens is 2. The molecule has 1 aromatic carbocycles. The highest BCUT2D eigenvalue weighted by Gasteiger charge is 2.23. The second-order valence-electron chi connectivity index (χ2n) is 5.10. The highest BCUT2D eigenvalue weighted by molar-refractivity contribution is 5.90. The first-order valence-electron chi connectivity index (χ1n) is 6.98. The van der Waals surface area contributed by atoms with Crippen molar-refractivity contribution in [3.8, 4) is 0 Å². The molecule has 0 spiro atoms. The number of fused-ring (bicyclic) bond motifs is 1. The fraction of sp³-hybridized carbons (Fsp3) is 0.467. The van der Waals surface area contributed by atoms with E-state index in [9.17, 15) is 5.11 Å². The fourth-order valence-electron chi connectivity index (χ4n) is 2.99. The monoisotopic (exact) mass is 257 g/mol. The lowest BCUT2D eigenvalue weighted by atomic mass is 9.98. The molecule has 0 radical (unpaired) electrons. The number of aliphatic hydroxyl groups is 1. The number of anilines is 1. The zero-order valence-corrected chi connectivity index (χ0v) is 11.0. The van der Waals surface area contributed by atoms with Crippen LogP contribution in [0.15, 0.2) is 30.5 Å². The molecule has 0 saturated carbocycles. The Morgan fingerprint density at radius 3 is 3.05 bits per heavy atom. The number of aliphatic hydroxyl groups excluding tert-OH is 1. The number of benzene rings is 1. The van der Waals surface area contributed by atoms with Gasteiger partial charge in [0.2, 0.25) is 0 Å². The van der Waals surface area contributed by atoms with Crippen molar-refractivity contribution in [2.24, 2.45) is 0 Å². The molecule has 1 fully saturated rings. The van der Waals surface area contributed by atoms with Crippen LogP contribution in [0.1, 0.15) is 25.7 Å². The van der Waals surface area contributed by atoms with Gasteiger partial charge in [0.15, 0.2) is 0 Å². The third-order valence-corrected chi connectivity index (χ3v) is 3.92. The van der Waals surface area contributed by atoms with Crippen molar-refractivity contribution in [1.82, 2.24) is 10.2 Å². The molecule has 4 heteroatoms. The summed E-state index contributed by atoms with van der Waals surface area (Å²) in [6.45, 7) is 1.29. The van der Waals surface area contributed by atoms with Crippen LogP contribution in [0.5, 0.6) is 0 Å². The number of piperidine rings is 1. The van der Waals surface area contributed by atoms with E-state index >= 15 is 0 Å². The van der Waals surface area contributed by atoms with Crippen LogP contribution in [-0.4, -0.2) is 34.5 Å². The molecule has 1 atom stereocenters. The minimum atomic E-state index is 0.248. The predicted octanol–water partition coefficient (Wildman–Crippen LogP) is 2.37. The fourth-order valence-corrected chi connectivity index (χ4v) is 2.99. The topological polar surface area (TPSA) is 49.2 Å². The average molecular weight is 257 g/mol. The summed E-state index contributed by atoms with van der Waals surface area (Å²) >= 11 is 0. The van der Waals surface area contributed by atoms with Gasteiger partial charge in [0, 0.05) is 24.6 Å². The van der Waals surface area contributed by atoms with E-state index in [4.69, 9.17) is 0 Å². The maximum atomic E-state index is 9.24. The summed E-state index contributed by atoms with van der Waals surface area (Å²) in [6, 6.07) is 8.55. The van der Waals surface area contributed by atoms with E-state index in [0.717, 1.165) is 36.0 Å². The van der Waals surface area contributed by atoms with Gasteiger partial charge in [-0.15, -0.1) is 0 Å². The van der Waals surface area contributed by atoms with Crippen LogP contribution in [0, 0.1) is 0 Å². The van der Waals surface area contributed by atoms with E-state index in [1.807, 2.05) is 24.4 Å². The van der Waals surface area contributed by atoms with Gasteiger partial charge in [0.05, 0.1) is 17.4 Å². The van der Waals surface area contributed by atoms with E-state index in [2.05, 4.69) is 21.2 Å². The summed E-state index contributed by atoms with van der Waals surface area (Å²) in [5.74, 6) is 0. The van der Waals surface area contributed by atoms with Crippen molar-refractivity contribution in [2.75, 3.05) is 18.1 Å². The highest BCUT2D eigenvalue weighted by Crippen LogP contribution is 2.30. The summed E-state index contributed by atoms with van der Waals surface area (Å²) in [5.41, 5.74) is 2.09. The molecule has 1 aliphatic heterocycles. The first-order chi connectivity index (χ1) is 9.40. The van der Waals surface area contributed by atoms with E-state index in [1.165, 1.54) is 12.8 Å². The Bertz CT molecular complexity index is 551. The maximum Gasteiger partial charge on any atom is 0.0950 e. The summed E-state index contributed by atoms with van der Waals surface area (Å²) in [6.07, 6.45) is 6.29. The Morgan fingerprint density at radius 1 is 1.26 bits per heavy atom. The van der Waals surface area contributed by atoms with Gasteiger partial charge in [0.25, 0.3) is 0 Å². The smallest absolute Gasteiger partial charge is 0.0950 e. The lowest BCUT2D eigenvalue weighted by molar-refractivity contribution is 0.262. The van der Waals surface area contributed by atoms with Crippen molar-refractivity contribution in [3.63, 3.8) is 0 Å². The van der Waals surface area contributed by atoms with Gasteiger partial charge in [-0.2, -0.15) is 10.2 Å². The largest absolute Gasteiger partial charge is 0.396 e. The van der Waals surface area contributed by atoms with E-state index in [0.29, 0.717) is 6.04 Å². The Kier molecular flexibility index (Phi) is 3.60. The van der Waals surface area contributed by atoms with Gasteiger partial charge in [-0.3, -0.25) is 0 Å². The van der Waals surface area contributed by atoms with Crippen molar-refractivity contribution in [1.29, 1.82) is 0 Å². The van der Waals surface area contributed by atoms with E-state index in [-0.39, 0.29) is 6.61 Å². The molecule has 4 nitrogen and oxygen atoms in total. The predicted molar refractivity (Wildman–Crippen MR) is 76.2 cm³/mol. The van der Waals surface area contributed by atoms with Crippen LogP contribution in [0.25, 0.3) is 10.9 Å². The Balaban J connectivity index is 2.02. The summed E-state index contributed by atoms with van der Waals surface area (Å²) in [7, 11) is 0. The maximum absolute atomic E-state index is 9.24. The number of rotatable bonds is 3. The third-order valence-electron chi connectivity index (χ3n) is 3.92. The molecule has 2 heterocycles. The zero-order chi connectivity index (χ0) is 13.1. The molecular formula is C15H19N3O. The molecule has 1 unspecified atom stereocenters. The molecule has 0 amide bonds. The lowest BCUT2D eigenvalue weighted by Gasteiger charge is -2.37. The highest BCUT2D eigenvalue weighted by atomic mass is 16.3. The summed E-state index contributed by atoms with van der Waals surface area (Å²) in [4.78, 5) is 2.40. The molecule has 1 saturated heterocycles. The Labute approximate surface area is 113 Å². The normalized spacial score (nSPS) is 19.8. The van der Waals surface area contributed by atoms with Gasteiger partial charge in [-0.05, 0) is 31.7 Å². The van der Waals surface area contributed by atoms with Gasteiger partial charge in [-0.1, -0.05) is 18.2 Å². The second-order valence-corrected chi connectivity index (χ2v) is 5.10. The van der Waals surface area contributed by atoms with Crippen molar-refractivity contribution in [2.45, 2.75) is 31.7 Å².